The fourth-order valence-corrected chi connectivity index (χ4v) is 1.85. The molecule has 0 aliphatic rings. The lowest BCUT2D eigenvalue weighted by atomic mass is 10.1. The van der Waals surface area contributed by atoms with Gasteiger partial charge in [-0.05, 0) is 33.2 Å². The van der Waals surface area contributed by atoms with Gasteiger partial charge in [0.2, 0.25) is 0 Å². The summed E-state index contributed by atoms with van der Waals surface area (Å²) in [7, 11) is 0. The molecule has 0 aromatic carbocycles. The number of Topliss-reactive ketones (excluding diaryl/α,β-unsaturated/α-hetero) is 1. The van der Waals surface area contributed by atoms with Gasteiger partial charge in [-0.1, -0.05) is 27.2 Å². The highest BCUT2D eigenvalue weighted by atomic mass is 16.1. The van der Waals surface area contributed by atoms with Crippen LogP contribution in [0.15, 0.2) is 0 Å². The first kappa shape index (κ1) is 14.6. The molecule has 0 heterocycles. The molecular formula is C13H27NO. The van der Waals surface area contributed by atoms with Crippen LogP contribution >= 0.6 is 0 Å². The summed E-state index contributed by atoms with van der Waals surface area (Å²) in [6.45, 7) is 11.7. The molecule has 2 nitrogen and oxygen atoms in total. The van der Waals surface area contributed by atoms with E-state index < -0.39 is 0 Å². The van der Waals surface area contributed by atoms with Crippen LogP contribution in [0.2, 0.25) is 0 Å². The predicted molar refractivity (Wildman–Crippen MR) is 66.1 cm³/mol. The Morgan fingerprint density at radius 1 is 1.20 bits per heavy atom. The van der Waals surface area contributed by atoms with Crippen molar-refractivity contribution in [2.75, 3.05) is 6.54 Å². The lowest BCUT2D eigenvalue weighted by Crippen LogP contribution is -2.44. The molecule has 0 spiro atoms. The lowest BCUT2D eigenvalue weighted by molar-refractivity contribution is -0.124. The highest BCUT2D eigenvalue weighted by molar-refractivity contribution is 5.83. The Labute approximate surface area is 95.0 Å². The maximum atomic E-state index is 11.7. The smallest absolute Gasteiger partial charge is 0.149 e. The van der Waals surface area contributed by atoms with Crippen LogP contribution < -0.4 is 0 Å². The molecule has 15 heavy (non-hydrogen) atoms. The van der Waals surface area contributed by atoms with Crippen molar-refractivity contribution in [2.24, 2.45) is 0 Å². The molecule has 0 aromatic rings. The zero-order valence-electron chi connectivity index (χ0n) is 11.0. The quantitative estimate of drug-likeness (QED) is 0.617. The van der Waals surface area contributed by atoms with Crippen LogP contribution in [-0.4, -0.2) is 29.3 Å². The van der Waals surface area contributed by atoms with E-state index in [-0.39, 0.29) is 6.04 Å². The van der Waals surface area contributed by atoms with Crippen molar-refractivity contribution in [1.82, 2.24) is 4.90 Å². The molecule has 90 valence electrons. The molecule has 0 N–H and O–H groups in total. The summed E-state index contributed by atoms with van der Waals surface area (Å²) in [6.07, 6.45) is 4.15. The van der Waals surface area contributed by atoms with Crippen LogP contribution in [0.3, 0.4) is 0 Å². The number of unbranched alkanes of at least 4 members (excludes halogenated alkanes) is 1. The minimum atomic E-state index is 0.0940. The summed E-state index contributed by atoms with van der Waals surface area (Å²) < 4.78 is 0. The minimum Gasteiger partial charge on any atom is -0.298 e. The second kappa shape index (κ2) is 7.86. The van der Waals surface area contributed by atoms with Gasteiger partial charge in [0.15, 0.2) is 0 Å². The van der Waals surface area contributed by atoms with E-state index in [1.54, 1.807) is 0 Å². The second-order valence-electron chi connectivity index (χ2n) is 4.34. The average molecular weight is 213 g/mol. The van der Waals surface area contributed by atoms with E-state index in [9.17, 15) is 4.79 Å². The molecule has 0 radical (unpaired) electrons. The van der Waals surface area contributed by atoms with Gasteiger partial charge < -0.3 is 0 Å². The molecule has 0 saturated carbocycles. The number of hydrogen-bond donors (Lipinski definition) is 0. The predicted octanol–water partition coefficient (Wildman–Crippen LogP) is 3.25. The third-order valence-corrected chi connectivity index (χ3v) is 3.24. The third kappa shape index (κ3) is 4.78. The molecule has 2 atom stereocenters. The van der Waals surface area contributed by atoms with E-state index in [0.717, 1.165) is 13.0 Å². The molecule has 0 rings (SSSR count). The number of rotatable bonds is 8. The van der Waals surface area contributed by atoms with Crippen molar-refractivity contribution >= 4 is 5.78 Å². The van der Waals surface area contributed by atoms with Crippen molar-refractivity contribution in [3.8, 4) is 0 Å². The number of ketones is 1. The topological polar surface area (TPSA) is 20.3 Å². The van der Waals surface area contributed by atoms with Crippen molar-refractivity contribution in [2.45, 2.75) is 72.4 Å². The maximum Gasteiger partial charge on any atom is 0.149 e. The van der Waals surface area contributed by atoms with Crippen molar-refractivity contribution < 1.29 is 4.79 Å². The van der Waals surface area contributed by atoms with Crippen LogP contribution in [0.4, 0.5) is 0 Å². The monoisotopic (exact) mass is 213 g/mol. The van der Waals surface area contributed by atoms with Crippen molar-refractivity contribution in [3.05, 3.63) is 0 Å². The van der Waals surface area contributed by atoms with Gasteiger partial charge in [0.1, 0.15) is 5.78 Å². The average Bonchev–Trinajstić information content (AvgIpc) is 2.27. The molecule has 0 aliphatic heterocycles. The van der Waals surface area contributed by atoms with E-state index in [4.69, 9.17) is 0 Å². The number of carbonyl (C=O) groups excluding carboxylic acids is 1. The first-order valence-corrected chi connectivity index (χ1v) is 6.36. The highest BCUT2D eigenvalue weighted by Gasteiger charge is 2.22. The Hall–Kier alpha value is -0.370. The summed E-state index contributed by atoms with van der Waals surface area (Å²) in [6, 6.07) is 0.610. The summed E-state index contributed by atoms with van der Waals surface area (Å²) in [4.78, 5) is 14.1. The van der Waals surface area contributed by atoms with Gasteiger partial charge in [0, 0.05) is 12.5 Å². The van der Waals surface area contributed by atoms with Crippen molar-refractivity contribution in [1.29, 1.82) is 0 Å². The van der Waals surface area contributed by atoms with Gasteiger partial charge in [-0.15, -0.1) is 0 Å². The molecular weight excluding hydrogens is 186 g/mol. The van der Waals surface area contributed by atoms with Gasteiger partial charge in [0.25, 0.3) is 0 Å². The Bertz CT molecular complexity index is 179. The number of hydrogen-bond acceptors (Lipinski definition) is 2. The van der Waals surface area contributed by atoms with E-state index in [0.29, 0.717) is 18.2 Å². The van der Waals surface area contributed by atoms with Crippen LogP contribution in [0.25, 0.3) is 0 Å². The SMILES string of the molecule is CCCCN(C(C)CC)C(C)C(=O)CC. The van der Waals surface area contributed by atoms with E-state index >= 15 is 0 Å². The molecule has 2 heteroatoms. The summed E-state index contributed by atoms with van der Waals surface area (Å²) in [5.41, 5.74) is 0. The lowest BCUT2D eigenvalue weighted by Gasteiger charge is -2.33. The fraction of sp³-hybridized carbons (Fsp3) is 0.923. The Balaban J connectivity index is 4.39. The normalized spacial score (nSPS) is 15.3. The summed E-state index contributed by atoms with van der Waals surface area (Å²) in [5.74, 6) is 0.367. The highest BCUT2D eigenvalue weighted by Crippen LogP contribution is 2.12. The standard InChI is InChI=1S/C13H27NO/c1-6-9-10-14(11(4)7-2)12(5)13(15)8-3/h11-12H,6-10H2,1-5H3. The zero-order valence-corrected chi connectivity index (χ0v) is 11.0. The Kier molecular flexibility index (Phi) is 7.67. The van der Waals surface area contributed by atoms with E-state index in [1.807, 2.05) is 13.8 Å². The largest absolute Gasteiger partial charge is 0.298 e. The van der Waals surface area contributed by atoms with Crippen molar-refractivity contribution in [3.63, 3.8) is 0 Å². The van der Waals surface area contributed by atoms with Crippen LogP contribution in [0.5, 0.6) is 0 Å². The maximum absolute atomic E-state index is 11.7. The Morgan fingerprint density at radius 3 is 2.20 bits per heavy atom. The van der Waals surface area contributed by atoms with Crippen LogP contribution in [-0.2, 0) is 4.79 Å². The first-order chi connectivity index (χ1) is 7.08. The minimum absolute atomic E-state index is 0.0940. The third-order valence-electron chi connectivity index (χ3n) is 3.24. The van der Waals surface area contributed by atoms with Crippen LogP contribution in [0.1, 0.15) is 60.3 Å². The van der Waals surface area contributed by atoms with Gasteiger partial charge in [-0.25, -0.2) is 0 Å². The van der Waals surface area contributed by atoms with Crippen LogP contribution in [0, 0.1) is 0 Å². The Morgan fingerprint density at radius 2 is 1.80 bits per heavy atom. The van der Waals surface area contributed by atoms with E-state index in [1.165, 1.54) is 12.8 Å². The molecule has 0 aromatic heterocycles. The molecule has 2 unspecified atom stereocenters. The van der Waals surface area contributed by atoms with Gasteiger partial charge >= 0.3 is 0 Å². The molecule has 0 amide bonds. The zero-order chi connectivity index (χ0) is 11.8. The molecule has 0 saturated heterocycles. The number of nitrogens with zero attached hydrogens (tertiary/aromatic N) is 1. The van der Waals surface area contributed by atoms with Gasteiger partial charge in [-0.2, -0.15) is 0 Å². The molecule has 0 bridgehead atoms. The second-order valence-corrected chi connectivity index (χ2v) is 4.34. The summed E-state index contributed by atoms with van der Waals surface area (Å²) >= 11 is 0. The van der Waals surface area contributed by atoms with Gasteiger partial charge in [0.05, 0.1) is 6.04 Å². The van der Waals surface area contributed by atoms with E-state index in [2.05, 4.69) is 25.7 Å². The number of carbonyl (C=O) groups is 1. The molecule has 0 aliphatic carbocycles. The van der Waals surface area contributed by atoms with Gasteiger partial charge in [-0.3, -0.25) is 9.69 Å². The summed E-state index contributed by atoms with van der Waals surface area (Å²) in [5, 5.41) is 0. The first-order valence-electron chi connectivity index (χ1n) is 6.36. The fourth-order valence-electron chi connectivity index (χ4n) is 1.85. The molecule has 0 fully saturated rings.